The van der Waals surface area contributed by atoms with E-state index in [1.165, 1.54) is 11.3 Å². The van der Waals surface area contributed by atoms with Gasteiger partial charge < -0.3 is 10.4 Å². The first-order valence-electron chi connectivity index (χ1n) is 7.33. The maximum atomic E-state index is 12.3. The largest absolute Gasteiger partial charge is 0.396 e. The molecule has 0 bridgehead atoms. The van der Waals surface area contributed by atoms with Crippen LogP contribution in [0.3, 0.4) is 0 Å². The molecular weight excluding hydrogens is 316 g/mol. The second kappa shape index (κ2) is 7.35. The van der Waals surface area contributed by atoms with E-state index in [1.807, 2.05) is 38.3 Å². The number of amides is 1. The standard InChI is InChI=1S/C16H22N2O2S2/c1-11-13(22-15(18-11)12-6-4-9-21-12)14(20)17-8-5-7-16(2,3)10-19/h4,6,9,19H,5,7-8,10H2,1-3H3,(H,17,20). The van der Waals surface area contributed by atoms with Crippen LogP contribution in [-0.2, 0) is 0 Å². The minimum absolute atomic E-state index is 0.0559. The summed E-state index contributed by atoms with van der Waals surface area (Å²) in [7, 11) is 0. The second-order valence-corrected chi connectivity index (χ2v) is 8.04. The van der Waals surface area contributed by atoms with Gasteiger partial charge in [0.15, 0.2) is 0 Å². The Hall–Kier alpha value is -1.24. The molecule has 2 rings (SSSR count). The van der Waals surface area contributed by atoms with Crippen LogP contribution in [0.4, 0.5) is 0 Å². The number of thiophene rings is 1. The Labute approximate surface area is 139 Å². The number of aromatic nitrogens is 1. The van der Waals surface area contributed by atoms with Crippen molar-refractivity contribution in [2.45, 2.75) is 33.6 Å². The number of aryl methyl sites for hydroxylation is 1. The van der Waals surface area contributed by atoms with Crippen molar-refractivity contribution in [3.05, 3.63) is 28.1 Å². The Kier molecular flexibility index (Phi) is 5.72. The van der Waals surface area contributed by atoms with E-state index in [0.29, 0.717) is 11.4 Å². The first-order chi connectivity index (χ1) is 10.4. The topological polar surface area (TPSA) is 62.2 Å². The van der Waals surface area contributed by atoms with Gasteiger partial charge in [0.1, 0.15) is 9.88 Å². The number of hydrogen-bond acceptors (Lipinski definition) is 5. The lowest BCUT2D eigenvalue weighted by Crippen LogP contribution is -2.26. The van der Waals surface area contributed by atoms with Crippen molar-refractivity contribution in [3.63, 3.8) is 0 Å². The summed E-state index contributed by atoms with van der Waals surface area (Å²) < 4.78 is 0. The van der Waals surface area contributed by atoms with E-state index >= 15 is 0 Å². The van der Waals surface area contributed by atoms with E-state index < -0.39 is 0 Å². The van der Waals surface area contributed by atoms with Crippen molar-refractivity contribution in [1.82, 2.24) is 10.3 Å². The molecule has 120 valence electrons. The normalized spacial score (nSPS) is 11.6. The molecule has 6 heteroatoms. The average Bonchev–Trinajstić information content (AvgIpc) is 3.12. The Morgan fingerprint density at radius 1 is 1.45 bits per heavy atom. The predicted molar refractivity (Wildman–Crippen MR) is 92.6 cm³/mol. The lowest BCUT2D eigenvalue weighted by atomic mass is 9.89. The zero-order chi connectivity index (χ0) is 16.2. The minimum atomic E-state index is -0.0858. The van der Waals surface area contributed by atoms with Gasteiger partial charge in [0.2, 0.25) is 0 Å². The highest BCUT2D eigenvalue weighted by atomic mass is 32.1. The number of carbonyl (C=O) groups is 1. The van der Waals surface area contributed by atoms with Crippen LogP contribution in [0.2, 0.25) is 0 Å². The van der Waals surface area contributed by atoms with Crippen LogP contribution in [0.5, 0.6) is 0 Å². The van der Waals surface area contributed by atoms with Crippen molar-refractivity contribution < 1.29 is 9.90 Å². The zero-order valence-electron chi connectivity index (χ0n) is 13.2. The molecule has 0 aliphatic heterocycles. The summed E-state index contributed by atoms with van der Waals surface area (Å²) in [6, 6.07) is 4.00. The third kappa shape index (κ3) is 4.38. The third-order valence-corrected chi connectivity index (χ3v) is 5.67. The Morgan fingerprint density at radius 3 is 2.86 bits per heavy atom. The van der Waals surface area contributed by atoms with E-state index in [0.717, 1.165) is 28.4 Å². The molecule has 2 N–H and O–H groups in total. The van der Waals surface area contributed by atoms with Gasteiger partial charge in [-0.1, -0.05) is 19.9 Å². The van der Waals surface area contributed by atoms with Crippen molar-refractivity contribution >= 4 is 28.6 Å². The molecule has 0 aliphatic carbocycles. The lowest BCUT2D eigenvalue weighted by molar-refractivity contribution is 0.0952. The van der Waals surface area contributed by atoms with Gasteiger partial charge >= 0.3 is 0 Å². The van der Waals surface area contributed by atoms with Crippen LogP contribution in [0, 0.1) is 12.3 Å². The molecule has 0 unspecified atom stereocenters. The number of carbonyl (C=O) groups excluding carboxylic acids is 1. The van der Waals surface area contributed by atoms with E-state index in [1.54, 1.807) is 11.3 Å². The van der Waals surface area contributed by atoms with E-state index in [4.69, 9.17) is 0 Å². The molecule has 0 spiro atoms. The smallest absolute Gasteiger partial charge is 0.263 e. The van der Waals surface area contributed by atoms with Gasteiger partial charge in [-0.2, -0.15) is 0 Å². The monoisotopic (exact) mass is 338 g/mol. The first kappa shape index (κ1) is 17.1. The number of aliphatic hydroxyl groups excluding tert-OH is 1. The van der Waals surface area contributed by atoms with Crippen molar-refractivity contribution in [3.8, 4) is 9.88 Å². The number of thiazole rings is 1. The average molecular weight is 338 g/mol. The third-order valence-electron chi connectivity index (χ3n) is 3.48. The zero-order valence-corrected chi connectivity index (χ0v) is 14.8. The van der Waals surface area contributed by atoms with Gasteiger partial charge in [0.05, 0.1) is 10.6 Å². The van der Waals surface area contributed by atoms with Crippen molar-refractivity contribution in [2.75, 3.05) is 13.2 Å². The molecule has 0 radical (unpaired) electrons. The van der Waals surface area contributed by atoms with E-state index in [-0.39, 0.29) is 17.9 Å². The van der Waals surface area contributed by atoms with Crippen molar-refractivity contribution in [2.24, 2.45) is 5.41 Å². The highest BCUT2D eigenvalue weighted by molar-refractivity contribution is 7.22. The molecule has 0 aliphatic rings. The first-order valence-corrected chi connectivity index (χ1v) is 9.03. The van der Waals surface area contributed by atoms with Gasteiger partial charge in [-0.3, -0.25) is 4.79 Å². The minimum Gasteiger partial charge on any atom is -0.396 e. The quantitative estimate of drug-likeness (QED) is 0.757. The summed E-state index contributed by atoms with van der Waals surface area (Å²) in [6.45, 7) is 6.70. The summed E-state index contributed by atoms with van der Waals surface area (Å²) in [4.78, 5) is 18.5. The molecule has 2 aromatic rings. The Bertz CT molecular complexity index is 618. The molecule has 1 amide bonds. The van der Waals surface area contributed by atoms with Crippen LogP contribution in [0.1, 0.15) is 42.1 Å². The summed E-state index contributed by atoms with van der Waals surface area (Å²) in [5, 5.41) is 15.1. The Balaban J connectivity index is 1.91. The maximum absolute atomic E-state index is 12.3. The molecule has 0 fully saturated rings. The van der Waals surface area contributed by atoms with E-state index in [9.17, 15) is 9.90 Å². The molecular formula is C16H22N2O2S2. The highest BCUT2D eigenvalue weighted by Gasteiger charge is 2.18. The van der Waals surface area contributed by atoms with E-state index in [2.05, 4.69) is 10.3 Å². The van der Waals surface area contributed by atoms with Crippen LogP contribution in [0.25, 0.3) is 9.88 Å². The lowest BCUT2D eigenvalue weighted by Gasteiger charge is -2.21. The highest BCUT2D eigenvalue weighted by Crippen LogP contribution is 2.31. The molecule has 0 aromatic carbocycles. The predicted octanol–water partition coefficient (Wildman–Crippen LogP) is 3.71. The number of nitrogens with one attached hydrogen (secondary N) is 1. The van der Waals surface area contributed by atoms with Gasteiger partial charge in [0, 0.05) is 13.2 Å². The van der Waals surface area contributed by atoms with Gasteiger partial charge in [-0.15, -0.1) is 22.7 Å². The second-order valence-electron chi connectivity index (χ2n) is 6.09. The van der Waals surface area contributed by atoms with Gasteiger partial charge in [-0.25, -0.2) is 4.98 Å². The number of aliphatic hydroxyl groups is 1. The number of nitrogens with zero attached hydrogens (tertiary/aromatic N) is 1. The van der Waals surface area contributed by atoms with Gasteiger partial charge in [0.25, 0.3) is 5.91 Å². The van der Waals surface area contributed by atoms with Crippen LogP contribution >= 0.6 is 22.7 Å². The molecule has 0 atom stereocenters. The fourth-order valence-electron chi connectivity index (χ4n) is 2.04. The summed E-state index contributed by atoms with van der Waals surface area (Å²) in [6.07, 6.45) is 1.74. The molecule has 4 nitrogen and oxygen atoms in total. The fourth-order valence-corrected chi connectivity index (χ4v) is 3.82. The maximum Gasteiger partial charge on any atom is 0.263 e. The summed E-state index contributed by atoms with van der Waals surface area (Å²) in [5.41, 5.74) is 0.693. The molecule has 0 saturated carbocycles. The van der Waals surface area contributed by atoms with Gasteiger partial charge in [-0.05, 0) is 36.6 Å². The number of rotatable bonds is 7. The van der Waals surface area contributed by atoms with Crippen molar-refractivity contribution in [1.29, 1.82) is 0 Å². The van der Waals surface area contributed by atoms with Crippen LogP contribution in [-0.4, -0.2) is 29.1 Å². The SMILES string of the molecule is Cc1nc(-c2cccs2)sc1C(=O)NCCCC(C)(C)CO. The molecule has 0 saturated heterocycles. The summed E-state index contributed by atoms with van der Waals surface area (Å²) in [5.74, 6) is -0.0559. The summed E-state index contributed by atoms with van der Waals surface area (Å²) >= 11 is 3.07. The number of hydrogen-bond donors (Lipinski definition) is 2. The van der Waals surface area contributed by atoms with Crippen LogP contribution < -0.4 is 5.32 Å². The van der Waals surface area contributed by atoms with Crippen LogP contribution in [0.15, 0.2) is 17.5 Å². The Morgan fingerprint density at radius 2 is 2.23 bits per heavy atom. The molecule has 22 heavy (non-hydrogen) atoms. The molecule has 2 heterocycles. The fraction of sp³-hybridized carbons (Fsp3) is 0.500. The molecule has 2 aromatic heterocycles.